The van der Waals surface area contributed by atoms with Crippen molar-refractivity contribution in [1.82, 2.24) is 10.3 Å². The molecule has 0 radical (unpaired) electrons. The first-order valence-electron chi connectivity index (χ1n) is 7.79. The molecule has 1 aromatic heterocycles. The fraction of sp³-hybridized carbons (Fsp3) is 0.688. The SMILES string of the molecule is CC(C)C1CCCN1c1ncc(F)cc1CNC1CC1. The molecule has 0 amide bonds. The lowest BCUT2D eigenvalue weighted by Crippen LogP contribution is -2.35. The van der Waals surface area contributed by atoms with Crippen LogP contribution in [-0.4, -0.2) is 23.6 Å². The second kappa shape index (κ2) is 5.68. The lowest BCUT2D eigenvalue weighted by Gasteiger charge is -2.30. The van der Waals surface area contributed by atoms with Crippen LogP contribution in [0.3, 0.4) is 0 Å². The van der Waals surface area contributed by atoms with Gasteiger partial charge in [0.2, 0.25) is 0 Å². The lowest BCUT2D eigenvalue weighted by atomic mass is 10.0. The van der Waals surface area contributed by atoms with Gasteiger partial charge in [-0.05, 0) is 37.7 Å². The van der Waals surface area contributed by atoms with Crippen LogP contribution in [0.25, 0.3) is 0 Å². The summed E-state index contributed by atoms with van der Waals surface area (Å²) in [7, 11) is 0. The Morgan fingerprint density at radius 3 is 2.90 bits per heavy atom. The number of hydrogen-bond donors (Lipinski definition) is 1. The van der Waals surface area contributed by atoms with Gasteiger partial charge >= 0.3 is 0 Å². The maximum atomic E-state index is 13.5. The van der Waals surface area contributed by atoms with Crippen molar-refractivity contribution in [2.75, 3.05) is 11.4 Å². The van der Waals surface area contributed by atoms with E-state index in [4.69, 9.17) is 0 Å². The van der Waals surface area contributed by atoms with E-state index in [-0.39, 0.29) is 5.82 Å². The fourth-order valence-electron chi connectivity index (χ4n) is 3.15. The smallest absolute Gasteiger partial charge is 0.141 e. The van der Waals surface area contributed by atoms with Gasteiger partial charge in [-0.2, -0.15) is 0 Å². The Labute approximate surface area is 120 Å². The molecular weight excluding hydrogens is 253 g/mol. The zero-order valence-electron chi connectivity index (χ0n) is 12.4. The Bertz CT molecular complexity index is 471. The van der Waals surface area contributed by atoms with Crippen molar-refractivity contribution < 1.29 is 4.39 Å². The van der Waals surface area contributed by atoms with Crippen molar-refractivity contribution in [3.05, 3.63) is 23.6 Å². The highest BCUT2D eigenvalue weighted by molar-refractivity contribution is 5.49. The minimum absolute atomic E-state index is 0.235. The highest BCUT2D eigenvalue weighted by Gasteiger charge is 2.30. The quantitative estimate of drug-likeness (QED) is 0.896. The summed E-state index contributed by atoms with van der Waals surface area (Å²) in [5, 5.41) is 3.47. The third-order valence-corrected chi connectivity index (χ3v) is 4.41. The Hall–Kier alpha value is -1.16. The van der Waals surface area contributed by atoms with Gasteiger partial charge in [0.25, 0.3) is 0 Å². The molecule has 2 fully saturated rings. The molecule has 0 bridgehead atoms. The molecular formula is C16H24FN3. The van der Waals surface area contributed by atoms with Gasteiger partial charge in [0.05, 0.1) is 6.20 Å². The molecule has 1 saturated carbocycles. The van der Waals surface area contributed by atoms with Crippen LogP contribution >= 0.6 is 0 Å². The Morgan fingerprint density at radius 2 is 2.20 bits per heavy atom. The maximum Gasteiger partial charge on any atom is 0.141 e. The largest absolute Gasteiger partial charge is 0.353 e. The molecule has 3 nitrogen and oxygen atoms in total. The number of nitrogens with zero attached hydrogens (tertiary/aromatic N) is 2. The molecule has 1 unspecified atom stereocenters. The first-order chi connectivity index (χ1) is 9.65. The van der Waals surface area contributed by atoms with E-state index in [1.54, 1.807) is 6.07 Å². The molecule has 0 spiro atoms. The summed E-state index contributed by atoms with van der Waals surface area (Å²) in [5.74, 6) is 1.35. The molecule has 0 aromatic carbocycles. The zero-order valence-corrected chi connectivity index (χ0v) is 12.4. The summed E-state index contributed by atoms with van der Waals surface area (Å²) < 4.78 is 13.5. The number of halogens is 1. The summed E-state index contributed by atoms with van der Waals surface area (Å²) in [4.78, 5) is 6.79. The van der Waals surface area contributed by atoms with Gasteiger partial charge in [-0.3, -0.25) is 0 Å². The zero-order chi connectivity index (χ0) is 14.1. The summed E-state index contributed by atoms with van der Waals surface area (Å²) >= 11 is 0. The van der Waals surface area contributed by atoms with Gasteiger partial charge in [0.1, 0.15) is 11.6 Å². The van der Waals surface area contributed by atoms with Crippen molar-refractivity contribution in [3.8, 4) is 0 Å². The van der Waals surface area contributed by atoms with Crippen LogP contribution in [0.15, 0.2) is 12.3 Å². The first kappa shape index (κ1) is 13.8. The highest BCUT2D eigenvalue weighted by atomic mass is 19.1. The molecule has 1 aliphatic carbocycles. The average Bonchev–Trinajstić information content (AvgIpc) is 3.11. The highest BCUT2D eigenvalue weighted by Crippen LogP contribution is 2.31. The number of hydrogen-bond acceptors (Lipinski definition) is 3. The molecule has 2 aliphatic rings. The number of aromatic nitrogens is 1. The van der Waals surface area contributed by atoms with E-state index in [1.165, 1.54) is 31.9 Å². The van der Waals surface area contributed by atoms with Crippen LogP contribution in [0.4, 0.5) is 10.2 Å². The van der Waals surface area contributed by atoms with E-state index in [9.17, 15) is 4.39 Å². The van der Waals surface area contributed by atoms with Gasteiger partial charge < -0.3 is 10.2 Å². The predicted molar refractivity (Wildman–Crippen MR) is 79.3 cm³/mol. The molecule has 2 heterocycles. The van der Waals surface area contributed by atoms with E-state index >= 15 is 0 Å². The molecule has 110 valence electrons. The summed E-state index contributed by atoms with van der Waals surface area (Å²) in [6, 6.07) is 2.81. The summed E-state index contributed by atoms with van der Waals surface area (Å²) in [6.45, 7) is 6.28. The van der Waals surface area contributed by atoms with Gasteiger partial charge in [-0.15, -0.1) is 0 Å². The van der Waals surface area contributed by atoms with Crippen molar-refractivity contribution in [2.45, 2.75) is 58.2 Å². The van der Waals surface area contributed by atoms with E-state index < -0.39 is 0 Å². The van der Waals surface area contributed by atoms with Crippen LogP contribution in [0, 0.1) is 11.7 Å². The molecule has 1 N–H and O–H groups in total. The van der Waals surface area contributed by atoms with Gasteiger partial charge in [0, 0.05) is 30.7 Å². The average molecular weight is 277 g/mol. The molecule has 3 rings (SSSR count). The topological polar surface area (TPSA) is 28.2 Å². The second-order valence-electron chi connectivity index (χ2n) is 6.44. The van der Waals surface area contributed by atoms with Crippen LogP contribution in [0.1, 0.15) is 45.1 Å². The van der Waals surface area contributed by atoms with E-state index in [1.807, 2.05) is 0 Å². The fourth-order valence-corrected chi connectivity index (χ4v) is 3.15. The first-order valence-corrected chi connectivity index (χ1v) is 7.79. The number of nitrogens with one attached hydrogen (secondary N) is 1. The van der Waals surface area contributed by atoms with Gasteiger partial charge in [-0.25, -0.2) is 9.37 Å². The summed E-state index contributed by atoms with van der Waals surface area (Å²) in [6.07, 6.45) is 6.27. The Balaban J connectivity index is 1.82. The molecule has 20 heavy (non-hydrogen) atoms. The van der Waals surface area contributed by atoms with Crippen molar-refractivity contribution in [2.24, 2.45) is 5.92 Å². The van der Waals surface area contributed by atoms with Crippen LogP contribution in [-0.2, 0) is 6.54 Å². The molecule has 1 aliphatic heterocycles. The van der Waals surface area contributed by atoms with Gasteiger partial charge in [-0.1, -0.05) is 13.8 Å². The predicted octanol–water partition coefficient (Wildman–Crippen LogP) is 3.10. The summed E-state index contributed by atoms with van der Waals surface area (Å²) in [5.41, 5.74) is 1.00. The third kappa shape index (κ3) is 2.95. The molecule has 4 heteroatoms. The number of pyridine rings is 1. The number of rotatable bonds is 5. The van der Waals surface area contributed by atoms with Crippen LogP contribution in [0.5, 0.6) is 0 Å². The standard InChI is InChI=1S/C16H24FN3/c1-11(2)15-4-3-7-20(15)16-12(8-13(17)10-19-16)9-18-14-5-6-14/h8,10-11,14-15,18H,3-7,9H2,1-2H3. The Kier molecular flexibility index (Phi) is 3.92. The van der Waals surface area contributed by atoms with Crippen molar-refractivity contribution >= 4 is 5.82 Å². The normalized spacial score (nSPS) is 22.8. The monoisotopic (exact) mass is 277 g/mol. The second-order valence-corrected chi connectivity index (χ2v) is 6.44. The Morgan fingerprint density at radius 1 is 1.40 bits per heavy atom. The van der Waals surface area contributed by atoms with Crippen LogP contribution in [0.2, 0.25) is 0 Å². The van der Waals surface area contributed by atoms with E-state index in [2.05, 4.69) is 29.0 Å². The maximum absolute atomic E-state index is 13.5. The minimum atomic E-state index is -0.235. The van der Waals surface area contributed by atoms with Crippen molar-refractivity contribution in [3.63, 3.8) is 0 Å². The number of anilines is 1. The minimum Gasteiger partial charge on any atom is -0.353 e. The molecule has 1 atom stereocenters. The molecule has 1 saturated heterocycles. The van der Waals surface area contributed by atoms with E-state index in [0.717, 1.165) is 24.5 Å². The third-order valence-electron chi connectivity index (χ3n) is 4.41. The lowest BCUT2D eigenvalue weighted by molar-refractivity contribution is 0.487. The van der Waals surface area contributed by atoms with Gasteiger partial charge in [0.15, 0.2) is 0 Å². The van der Waals surface area contributed by atoms with E-state index in [0.29, 0.717) is 18.0 Å². The van der Waals surface area contributed by atoms with Crippen LogP contribution < -0.4 is 10.2 Å². The van der Waals surface area contributed by atoms with Crippen molar-refractivity contribution in [1.29, 1.82) is 0 Å². The molecule has 1 aromatic rings.